The van der Waals surface area contributed by atoms with Gasteiger partial charge in [0.15, 0.2) is 6.61 Å². The second-order valence-corrected chi connectivity index (χ2v) is 5.37. The highest BCUT2D eigenvalue weighted by Gasteiger charge is 2.36. The Labute approximate surface area is 147 Å². The molecule has 1 aromatic carbocycles. The Bertz CT molecular complexity index is 746. The van der Waals surface area contributed by atoms with Crippen molar-refractivity contribution in [2.45, 2.75) is 19.1 Å². The van der Waals surface area contributed by atoms with E-state index in [9.17, 15) is 22.8 Å². The molecule has 0 radical (unpaired) electrons. The highest BCUT2D eigenvalue weighted by molar-refractivity contribution is 5.95. The summed E-state index contributed by atoms with van der Waals surface area (Å²) in [6, 6.07) is 2.97. The quantitative estimate of drug-likeness (QED) is 0.774. The largest absolute Gasteiger partial charge is 0.497 e. The molecule has 2 N–H and O–H groups in total. The zero-order chi connectivity index (χ0) is 19.5. The zero-order valence-electron chi connectivity index (χ0n) is 14.2. The maximum absolute atomic E-state index is 12.4. The fraction of sp³-hybridized carbons (Fsp3) is 0.375. The van der Waals surface area contributed by atoms with E-state index in [0.717, 1.165) is 0 Å². The number of ether oxygens (including phenoxy) is 3. The molecule has 2 amide bonds. The molecule has 1 aliphatic rings. The van der Waals surface area contributed by atoms with Crippen LogP contribution < -0.4 is 20.1 Å². The van der Waals surface area contributed by atoms with Gasteiger partial charge < -0.3 is 24.8 Å². The van der Waals surface area contributed by atoms with Crippen molar-refractivity contribution in [3.8, 4) is 11.5 Å². The molecule has 1 aromatic rings. The topological polar surface area (TPSA) is 85.9 Å². The van der Waals surface area contributed by atoms with Gasteiger partial charge in [-0.2, -0.15) is 13.2 Å². The number of hydrogen-bond acceptors (Lipinski definition) is 5. The summed E-state index contributed by atoms with van der Waals surface area (Å²) in [5.74, 6) is -0.483. The number of amides is 2. The van der Waals surface area contributed by atoms with Crippen LogP contribution in [0.5, 0.6) is 11.5 Å². The number of nitrogens with one attached hydrogen (secondary N) is 2. The first-order chi connectivity index (χ1) is 12.2. The van der Waals surface area contributed by atoms with Gasteiger partial charge in [0.25, 0.3) is 0 Å². The number of carbonyl (C=O) groups excluding carboxylic acids is 2. The van der Waals surface area contributed by atoms with Crippen LogP contribution in [0.1, 0.15) is 18.5 Å². The predicted octanol–water partition coefficient (Wildman–Crippen LogP) is 2.44. The van der Waals surface area contributed by atoms with Gasteiger partial charge in [-0.3, -0.25) is 0 Å². The minimum Gasteiger partial charge on any atom is -0.497 e. The molecule has 7 nitrogen and oxygen atoms in total. The van der Waals surface area contributed by atoms with E-state index in [-0.39, 0.29) is 11.3 Å². The van der Waals surface area contributed by atoms with Crippen LogP contribution in [-0.2, 0) is 9.53 Å². The van der Waals surface area contributed by atoms with Gasteiger partial charge in [-0.25, -0.2) is 9.59 Å². The summed E-state index contributed by atoms with van der Waals surface area (Å²) in [6.07, 6.45) is -4.67. The average Bonchev–Trinajstić information content (AvgIpc) is 2.57. The highest BCUT2D eigenvalue weighted by Crippen LogP contribution is 2.36. The van der Waals surface area contributed by atoms with Crippen molar-refractivity contribution in [1.82, 2.24) is 10.6 Å². The average molecular weight is 374 g/mol. The molecule has 142 valence electrons. The molecular formula is C16H17F3N2O5. The second-order valence-electron chi connectivity index (χ2n) is 5.37. The third-order valence-electron chi connectivity index (χ3n) is 3.60. The molecule has 0 spiro atoms. The Morgan fingerprint density at radius 3 is 2.50 bits per heavy atom. The van der Waals surface area contributed by atoms with E-state index in [1.54, 1.807) is 12.1 Å². The van der Waals surface area contributed by atoms with Gasteiger partial charge in [-0.05, 0) is 25.1 Å². The van der Waals surface area contributed by atoms with Crippen molar-refractivity contribution >= 4 is 12.0 Å². The Morgan fingerprint density at radius 2 is 1.92 bits per heavy atom. The number of benzene rings is 1. The number of carbonyl (C=O) groups is 2. The predicted molar refractivity (Wildman–Crippen MR) is 83.7 cm³/mol. The lowest BCUT2D eigenvalue weighted by molar-refractivity contribution is -0.183. The molecule has 0 bridgehead atoms. The van der Waals surface area contributed by atoms with E-state index < -0.39 is 30.8 Å². The normalized spacial score (nSPS) is 17.3. The second kappa shape index (κ2) is 7.54. The van der Waals surface area contributed by atoms with Crippen LogP contribution in [0, 0.1) is 0 Å². The van der Waals surface area contributed by atoms with Crippen LogP contribution in [0.15, 0.2) is 29.5 Å². The van der Waals surface area contributed by atoms with E-state index in [1.807, 2.05) is 0 Å². The van der Waals surface area contributed by atoms with Crippen molar-refractivity contribution in [1.29, 1.82) is 0 Å². The van der Waals surface area contributed by atoms with Crippen LogP contribution in [0.25, 0.3) is 0 Å². The third kappa shape index (κ3) is 4.38. The third-order valence-corrected chi connectivity index (χ3v) is 3.60. The van der Waals surface area contributed by atoms with E-state index in [1.165, 1.54) is 27.2 Å². The Morgan fingerprint density at radius 1 is 1.23 bits per heavy atom. The molecular weight excluding hydrogens is 357 g/mol. The molecule has 0 saturated heterocycles. The van der Waals surface area contributed by atoms with Gasteiger partial charge >= 0.3 is 18.2 Å². The maximum Gasteiger partial charge on any atom is 0.422 e. The summed E-state index contributed by atoms with van der Waals surface area (Å²) < 4.78 is 51.8. The fourth-order valence-electron chi connectivity index (χ4n) is 2.49. The van der Waals surface area contributed by atoms with E-state index in [2.05, 4.69) is 15.4 Å². The molecule has 1 heterocycles. The monoisotopic (exact) mass is 374 g/mol. The molecule has 0 saturated carbocycles. The minimum absolute atomic E-state index is 0.0794. The van der Waals surface area contributed by atoms with Crippen LogP contribution in [-0.4, -0.2) is 39.0 Å². The first-order valence-electron chi connectivity index (χ1n) is 7.40. The van der Waals surface area contributed by atoms with Gasteiger partial charge in [0, 0.05) is 11.3 Å². The van der Waals surface area contributed by atoms with Crippen molar-refractivity contribution in [3.63, 3.8) is 0 Å². The van der Waals surface area contributed by atoms with Crippen molar-refractivity contribution in [2.24, 2.45) is 0 Å². The van der Waals surface area contributed by atoms with Gasteiger partial charge in [0.2, 0.25) is 0 Å². The lowest BCUT2D eigenvalue weighted by atomic mass is 9.94. The molecule has 1 atom stereocenters. The van der Waals surface area contributed by atoms with Crippen LogP contribution in [0.2, 0.25) is 0 Å². The Hall–Kier alpha value is -2.91. The molecule has 0 fully saturated rings. The number of hydrogen-bond donors (Lipinski definition) is 2. The molecule has 1 unspecified atom stereocenters. The van der Waals surface area contributed by atoms with Crippen LogP contribution in [0.4, 0.5) is 18.0 Å². The lowest BCUT2D eigenvalue weighted by Gasteiger charge is -2.29. The lowest BCUT2D eigenvalue weighted by Crippen LogP contribution is -2.45. The Kier molecular flexibility index (Phi) is 5.63. The number of allylic oxidation sites excluding steroid dienone is 1. The van der Waals surface area contributed by atoms with Gasteiger partial charge in [-0.15, -0.1) is 0 Å². The number of esters is 1. The summed E-state index contributed by atoms with van der Waals surface area (Å²) in [7, 11) is 2.80. The summed E-state index contributed by atoms with van der Waals surface area (Å²) in [6.45, 7) is -0.346. The van der Waals surface area contributed by atoms with Crippen molar-refractivity contribution in [2.75, 3.05) is 20.8 Å². The highest BCUT2D eigenvalue weighted by atomic mass is 19.4. The van der Waals surface area contributed by atoms with Crippen molar-refractivity contribution in [3.05, 3.63) is 35.0 Å². The van der Waals surface area contributed by atoms with Crippen LogP contribution >= 0.6 is 0 Å². The first kappa shape index (κ1) is 19.4. The number of urea groups is 1. The first-order valence-corrected chi connectivity index (χ1v) is 7.40. The summed E-state index contributed by atoms with van der Waals surface area (Å²) in [5, 5.41) is 4.84. The molecule has 2 rings (SSSR count). The van der Waals surface area contributed by atoms with Crippen LogP contribution in [0.3, 0.4) is 0 Å². The molecule has 26 heavy (non-hydrogen) atoms. The summed E-state index contributed by atoms with van der Waals surface area (Å²) in [5.41, 5.74) is 0.246. The van der Waals surface area contributed by atoms with Gasteiger partial charge in [0.1, 0.15) is 11.5 Å². The minimum atomic E-state index is -4.67. The van der Waals surface area contributed by atoms with Gasteiger partial charge in [-0.1, -0.05) is 0 Å². The smallest absolute Gasteiger partial charge is 0.422 e. The summed E-state index contributed by atoms with van der Waals surface area (Å²) >= 11 is 0. The molecule has 1 aliphatic heterocycles. The van der Waals surface area contributed by atoms with Crippen molar-refractivity contribution < 1.29 is 37.0 Å². The summed E-state index contributed by atoms with van der Waals surface area (Å²) in [4.78, 5) is 24.1. The number of rotatable bonds is 5. The van der Waals surface area contributed by atoms with Gasteiger partial charge in [0.05, 0.1) is 25.8 Å². The standard InChI is InChI=1S/C16H17F3N2O5/c1-8-12(14(22)26-7-16(17,18)19)13(21-15(23)20-8)10-6-9(24-2)4-5-11(10)25-3/h4-6,13H,7H2,1-3H3,(H2,20,21,23). The SMILES string of the molecule is COc1ccc(OC)c(C2NC(=O)NC(C)=C2C(=O)OCC(F)(F)F)c1. The zero-order valence-corrected chi connectivity index (χ0v) is 14.2. The maximum atomic E-state index is 12.4. The number of methoxy groups -OCH3 is 2. The van der Waals surface area contributed by atoms with E-state index in [0.29, 0.717) is 17.1 Å². The van der Waals surface area contributed by atoms with E-state index >= 15 is 0 Å². The Balaban J connectivity index is 2.46. The fourth-order valence-corrected chi connectivity index (χ4v) is 2.49. The van der Waals surface area contributed by atoms with E-state index in [4.69, 9.17) is 9.47 Å². The molecule has 0 aliphatic carbocycles. The molecule has 0 aromatic heterocycles. The number of halogens is 3. The molecule has 10 heteroatoms. The number of alkyl halides is 3.